The Bertz CT molecular complexity index is 270. The Morgan fingerprint density at radius 2 is 1.45 bits per heavy atom. The molecule has 1 atom stereocenters. The second-order valence-electron chi connectivity index (χ2n) is 5.43. The molecule has 4 heteroatoms. The van der Waals surface area contributed by atoms with E-state index in [1.165, 1.54) is 32.1 Å². The summed E-state index contributed by atoms with van der Waals surface area (Å²) < 4.78 is 9.49. The first-order chi connectivity index (χ1) is 9.54. The van der Waals surface area contributed by atoms with Gasteiger partial charge in [0.1, 0.15) is 0 Å². The summed E-state index contributed by atoms with van der Waals surface area (Å²) in [5, 5.41) is 0. The van der Waals surface area contributed by atoms with E-state index in [0.717, 1.165) is 12.3 Å². The summed E-state index contributed by atoms with van der Waals surface area (Å²) in [7, 11) is 0. The first kappa shape index (κ1) is 18.9. The Morgan fingerprint density at radius 3 is 1.95 bits per heavy atom. The Balaban J connectivity index is 3.88. The van der Waals surface area contributed by atoms with Gasteiger partial charge in [-0.15, -0.1) is 0 Å². The average Bonchev–Trinajstić information content (AvgIpc) is 2.39. The molecule has 0 aromatic rings. The monoisotopic (exact) mass is 286 g/mol. The summed E-state index contributed by atoms with van der Waals surface area (Å²) in [5.41, 5.74) is 0. The molecule has 0 amide bonds. The minimum Gasteiger partial charge on any atom is -0.458 e. The van der Waals surface area contributed by atoms with Crippen LogP contribution in [-0.2, 0) is 19.1 Å². The van der Waals surface area contributed by atoms with E-state index in [1.807, 2.05) is 0 Å². The van der Waals surface area contributed by atoms with Crippen LogP contribution in [0.1, 0.15) is 66.2 Å². The van der Waals surface area contributed by atoms with Crippen LogP contribution in [-0.4, -0.2) is 25.2 Å². The van der Waals surface area contributed by atoms with Crippen LogP contribution in [0.25, 0.3) is 0 Å². The van der Waals surface area contributed by atoms with Gasteiger partial charge in [-0.3, -0.25) is 0 Å². The molecule has 0 saturated carbocycles. The fraction of sp³-hybridized carbons (Fsp3) is 0.875. The zero-order valence-electron chi connectivity index (χ0n) is 13.4. The predicted molar refractivity (Wildman–Crippen MR) is 79.3 cm³/mol. The third-order valence-corrected chi connectivity index (χ3v) is 3.42. The molecule has 4 nitrogen and oxygen atoms in total. The van der Waals surface area contributed by atoms with E-state index in [-0.39, 0.29) is 6.61 Å². The Labute approximate surface area is 123 Å². The van der Waals surface area contributed by atoms with Crippen LogP contribution in [0.4, 0.5) is 0 Å². The fourth-order valence-electron chi connectivity index (χ4n) is 2.49. The van der Waals surface area contributed by atoms with E-state index in [4.69, 9.17) is 4.74 Å². The van der Waals surface area contributed by atoms with Gasteiger partial charge in [-0.2, -0.15) is 0 Å². The van der Waals surface area contributed by atoms with Crippen molar-refractivity contribution in [1.82, 2.24) is 0 Å². The van der Waals surface area contributed by atoms with Crippen molar-refractivity contribution in [2.45, 2.75) is 66.2 Å². The number of ether oxygens (including phenoxy) is 2. The molecule has 1 unspecified atom stereocenters. The van der Waals surface area contributed by atoms with Gasteiger partial charge in [0.2, 0.25) is 0 Å². The number of hydrogen-bond acceptors (Lipinski definition) is 4. The van der Waals surface area contributed by atoms with Crippen molar-refractivity contribution in [3.63, 3.8) is 0 Å². The third kappa shape index (κ3) is 8.94. The van der Waals surface area contributed by atoms with Crippen LogP contribution >= 0.6 is 0 Å². The van der Waals surface area contributed by atoms with Crippen molar-refractivity contribution in [1.29, 1.82) is 0 Å². The lowest BCUT2D eigenvalue weighted by molar-refractivity contribution is -0.167. The smallest absolute Gasteiger partial charge is 0.417 e. The van der Waals surface area contributed by atoms with Crippen LogP contribution in [0.15, 0.2) is 0 Å². The molecule has 0 radical (unpaired) electrons. The topological polar surface area (TPSA) is 52.6 Å². The zero-order valence-corrected chi connectivity index (χ0v) is 13.4. The third-order valence-electron chi connectivity index (χ3n) is 3.42. The van der Waals surface area contributed by atoms with Crippen LogP contribution < -0.4 is 0 Å². The average molecular weight is 286 g/mol. The normalized spacial score (nSPS) is 12.2. The van der Waals surface area contributed by atoms with Crippen molar-refractivity contribution in [2.24, 2.45) is 11.8 Å². The first-order valence-corrected chi connectivity index (χ1v) is 7.88. The highest BCUT2D eigenvalue weighted by Crippen LogP contribution is 2.23. The maximum absolute atomic E-state index is 11.2. The number of carbonyl (C=O) groups excluding carboxylic acids is 2. The van der Waals surface area contributed by atoms with E-state index in [0.29, 0.717) is 12.5 Å². The highest BCUT2D eigenvalue weighted by molar-refractivity contribution is 6.29. The molecule has 118 valence electrons. The quantitative estimate of drug-likeness (QED) is 0.453. The molecule has 0 aliphatic carbocycles. The van der Waals surface area contributed by atoms with Gasteiger partial charge in [-0.25, -0.2) is 9.59 Å². The highest BCUT2D eigenvalue weighted by atomic mass is 16.6. The molecular formula is C16H30O4. The highest BCUT2D eigenvalue weighted by Gasteiger charge is 2.17. The number of esters is 2. The van der Waals surface area contributed by atoms with Crippen molar-refractivity contribution >= 4 is 11.9 Å². The Kier molecular flexibility index (Phi) is 11.1. The SMILES string of the molecule is CCCC(CCC)CC(C)CCOC(=O)C(=O)OCC. The summed E-state index contributed by atoms with van der Waals surface area (Å²) in [4.78, 5) is 22.3. The molecule has 0 aliphatic rings. The predicted octanol–water partition coefficient (Wildman–Crippen LogP) is 3.73. The van der Waals surface area contributed by atoms with Gasteiger partial charge >= 0.3 is 11.9 Å². The molecule has 0 aliphatic heterocycles. The molecule has 0 aromatic carbocycles. The number of rotatable bonds is 10. The van der Waals surface area contributed by atoms with Crippen molar-refractivity contribution in [3.8, 4) is 0 Å². The van der Waals surface area contributed by atoms with Crippen LogP contribution in [0.5, 0.6) is 0 Å². The Hall–Kier alpha value is -1.06. The van der Waals surface area contributed by atoms with Crippen LogP contribution in [0, 0.1) is 11.8 Å². The Morgan fingerprint density at radius 1 is 0.900 bits per heavy atom. The summed E-state index contributed by atoms with van der Waals surface area (Å²) in [6.07, 6.45) is 6.93. The second-order valence-corrected chi connectivity index (χ2v) is 5.43. The fourth-order valence-corrected chi connectivity index (χ4v) is 2.49. The van der Waals surface area contributed by atoms with Gasteiger partial charge in [0, 0.05) is 0 Å². The number of carbonyl (C=O) groups is 2. The molecule has 0 aromatic heterocycles. The first-order valence-electron chi connectivity index (χ1n) is 7.88. The van der Waals surface area contributed by atoms with Gasteiger partial charge in [0.05, 0.1) is 13.2 Å². The molecule has 0 fully saturated rings. The molecule has 0 N–H and O–H groups in total. The lowest BCUT2D eigenvalue weighted by Gasteiger charge is -2.20. The molecule has 20 heavy (non-hydrogen) atoms. The maximum Gasteiger partial charge on any atom is 0.417 e. The van der Waals surface area contributed by atoms with E-state index in [9.17, 15) is 9.59 Å². The van der Waals surface area contributed by atoms with Gasteiger partial charge in [0.15, 0.2) is 0 Å². The summed E-state index contributed by atoms with van der Waals surface area (Å²) >= 11 is 0. The van der Waals surface area contributed by atoms with E-state index >= 15 is 0 Å². The minimum absolute atomic E-state index is 0.194. The molecule has 0 spiro atoms. The second kappa shape index (κ2) is 11.7. The summed E-state index contributed by atoms with van der Waals surface area (Å²) in [6.45, 7) is 8.76. The van der Waals surface area contributed by atoms with E-state index < -0.39 is 11.9 Å². The zero-order chi connectivity index (χ0) is 15.4. The van der Waals surface area contributed by atoms with Gasteiger partial charge in [0.25, 0.3) is 0 Å². The van der Waals surface area contributed by atoms with Gasteiger partial charge in [-0.1, -0.05) is 46.5 Å². The van der Waals surface area contributed by atoms with E-state index in [2.05, 4.69) is 25.5 Å². The van der Waals surface area contributed by atoms with Crippen molar-refractivity contribution < 1.29 is 19.1 Å². The molecule has 0 saturated heterocycles. The van der Waals surface area contributed by atoms with Crippen molar-refractivity contribution in [3.05, 3.63) is 0 Å². The number of hydrogen-bond donors (Lipinski definition) is 0. The van der Waals surface area contributed by atoms with Gasteiger partial charge in [-0.05, 0) is 31.6 Å². The molecule has 0 rings (SSSR count). The van der Waals surface area contributed by atoms with Crippen LogP contribution in [0.2, 0.25) is 0 Å². The van der Waals surface area contributed by atoms with Crippen LogP contribution in [0.3, 0.4) is 0 Å². The van der Waals surface area contributed by atoms with Crippen molar-refractivity contribution in [2.75, 3.05) is 13.2 Å². The maximum atomic E-state index is 11.2. The minimum atomic E-state index is -0.894. The standard InChI is InChI=1S/C16H30O4/c1-5-8-14(9-6-2)12-13(4)10-11-20-16(18)15(17)19-7-3/h13-14H,5-12H2,1-4H3. The lowest BCUT2D eigenvalue weighted by Crippen LogP contribution is -2.21. The summed E-state index contributed by atoms with van der Waals surface area (Å²) in [6, 6.07) is 0. The molecule has 0 heterocycles. The molecular weight excluding hydrogens is 256 g/mol. The largest absolute Gasteiger partial charge is 0.458 e. The summed E-state index contributed by atoms with van der Waals surface area (Å²) in [5.74, 6) is -0.499. The molecule has 0 bridgehead atoms. The van der Waals surface area contributed by atoms with Gasteiger partial charge < -0.3 is 9.47 Å². The lowest BCUT2D eigenvalue weighted by atomic mass is 9.87. The van der Waals surface area contributed by atoms with E-state index in [1.54, 1.807) is 6.92 Å².